The highest BCUT2D eigenvalue weighted by molar-refractivity contribution is 5.49. The summed E-state index contributed by atoms with van der Waals surface area (Å²) in [6.07, 6.45) is 13.8. The minimum absolute atomic E-state index is 0.601. The van der Waals surface area contributed by atoms with E-state index < -0.39 is 0 Å². The average molecular weight is 172 g/mol. The van der Waals surface area contributed by atoms with Gasteiger partial charge in [0.15, 0.2) is 0 Å². The molecule has 0 amide bonds. The zero-order valence-electron chi connectivity index (χ0n) is 8.38. The lowest BCUT2D eigenvalue weighted by molar-refractivity contribution is 0.789. The fraction of sp³-hybridized carbons (Fsp3) is 0.385. The van der Waals surface area contributed by atoms with Gasteiger partial charge in [0.1, 0.15) is 0 Å². The smallest absolute Gasteiger partial charge is 0.0234 e. The fourth-order valence-electron chi connectivity index (χ4n) is 2.17. The number of allylic oxidation sites excluding steroid dienone is 8. The van der Waals surface area contributed by atoms with Crippen LogP contribution in [0.2, 0.25) is 0 Å². The Bertz CT molecular complexity index is 324. The molecule has 1 atom stereocenters. The molecule has 0 aromatic rings. The second-order valence-corrected chi connectivity index (χ2v) is 3.89. The standard InChI is InChI=1S/C13H16/c1-3-5-11-8-10(2)9-12-6-4-7-13(11)12/h4,6-9,13H,3,5H2,1-2H3. The van der Waals surface area contributed by atoms with E-state index >= 15 is 0 Å². The second-order valence-electron chi connectivity index (χ2n) is 3.89. The van der Waals surface area contributed by atoms with Crippen LogP contribution in [-0.2, 0) is 0 Å². The summed E-state index contributed by atoms with van der Waals surface area (Å²) in [5, 5.41) is 0. The minimum atomic E-state index is 0.601. The summed E-state index contributed by atoms with van der Waals surface area (Å²) in [4.78, 5) is 0. The summed E-state index contributed by atoms with van der Waals surface area (Å²) in [6, 6.07) is 0. The molecule has 0 saturated heterocycles. The van der Waals surface area contributed by atoms with Crippen LogP contribution in [0.3, 0.4) is 0 Å². The fourth-order valence-corrected chi connectivity index (χ4v) is 2.17. The van der Waals surface area contributed by atoms with Gasteiger partial charge in [0, 0.05) is 5.92 Å². The first-order valence-electron chi connectivity index (χ1n) is 5.08. The Morgan fingerprint density at radius 3 is 2.92 bits per heavy atom. The topological polar surface area (TPSA) is 0 Å². The average Bonchev–Trinajstić information content (AvgIpc) is 2.52. The van der Waals surface area contributed by atoms with Crippen LogP contribution in [-0.4, -0.2) is 0 Å². The zero-order valence-corrected chi connectivity index (χ0v) is 8.38. The van der Waals surface area contributed by atoms with Gasteiger partial charge in [-0.2, -0.15) is 0 Å². The molecule has 0 N–H and O–H groups in total. The zero-order chi connectivity index (χ0) is 9.26. The van der Waals surface area contributed by atoms with Crippen molar-refractivity contribution in [2.75, 3.05) is 0 Å². The maximum Gasteiger partial charge on any atom is 0.0234 e. The van der Waals surface area contributed by atoms with E-state index in [1.54, 1.807) is 5.57 Å². The van der Waals surface area contributed by atoms with Gasteiger partial charge in [-0.05, 0) is 18.9 Å². The molecule has 1 unspecified atom stereocenters. The molecule has 0 fully saturated rings. The van der Waals surface area contributed by atoms with Crippen LogP contribution in [0.25, 0.3) is 0 Å². The number of hydrogen-bond donors (Lipinski definition) is 0. The van der Waals surface area contributed by atoms with Crippen LogP contribution in [0.15, 0.2) is 47.1 Å². The molecule has 2 aliphatic carbocycles. The van der Waals surface area contributed by atoms with Crippen molar-refractivity contribution in [2.24, 2.45) is 5.92 Å². The Morgan fingerprint density at radius 2 is 2.15 bits per heavy atom. The molecule has 0 spiro atoms. The lowest BCUT2D eigenvalue weighted by atomic mass is 9.84. The summed E-state index contributed by atoms with van der Waals surface area (Å²) in [5.74, 6) is 0.601. The van der Waals surface area contributed by atoms with E-state index in [-0.39, 0.29) is 0 Å². The summed E-state index contributed by atoms with van der Waals surface area (Å²) >= 11 is 0. The molecule has 0 bridgehead atoms. The third-order valence-electron chi connectivity index (χ3n) is 2.70. The number of fused-ring (bicyclic) bond motifs is 1. The highest BCUT2D eigenvalue weighted by Crippen LogP contribution is 2.35. The van der Waals surface area contributed by atoms with Crippen molar-refractivity contribution in [1.82, 2.24) is 0 Å². The molecule has 2 aliphatic rings. The third-order valence-corrected chi connectivity index (χ3v) is 2.70. The van der Waals surface area contributed by atoms with Gasteiger partial charge in [0.2, 0.25) is 0 Å². The van der Waals surface area contributed by atoms with Gasteiger partial charge < -0.3 is 0 Å². The molecule has 0 radical (unpaired) electrons. The van der Waals surface area contributed by atoms with Crippen molar-refractivity contribution in [3.05, 3.63) is 47.1 Å². The normalized spacial score (nSPS) is 25.1. The first-order chi connectivity index (χ1) is 6.31. The molecular formula is C13H16. The number of hydrogen-bond acceptors (Lipinski definition) is 0. The van der Waals surface area contributed by atoms with Crippen molar-refractivity contribution in [2.45, 2.75) is 26.7 Å². The Morgan fingerprint density at radius 1 is 1.31 bits per heavy atom. The highest BCUT2D eigenvalue weighted by atomic mass is 14.2. The van der Waals surface area contributed by atoms with Crippen LogP contribution in [0, 0.1) is 5.92 Å². The van der Waals surface area contributed by atoms with Crippen molar-refractivity contribution >= 4 is 0 Å². The largest absolute Gasteiger partial charge is 0.0730 e. The molecule has 0 heterocycles. The van der Waals surface area contributed by atoms with Crippen LogP contribution < -0.4 is 0 Å². The van der Waals surface area contributed by atoms with E-state index in [2.05, 4.69) is 44.2 Å². The molecule has 0 nitrogen and oxygen atoms in total. The summed E-state index contributed by atoms with van der Waals surface area (Å²) in [6.45, 7) is 4.43. The van der Waals surface area contributed by atoms with Crippen molar-refractivity contribution < 1.29 is 0 Å². The summed E-state index contributed by atoms with van der Waals surface area (Å²) < 4.78 is 0. The molecule has 0 aromatic carbocycles. The Kier molecular flexibility index (Phi) is 2.22. The van der Waals surface area contributed by atoms with Gasteiger partial charge >= 0.3 is 0 Å². The van der Waals surface area contributed by atoms with Crippen molar-refractivity contribution in [1.29, 1.82) is 0 Å². The lowest BCUT2D eigenvalue weighted by Gasteiger charge is -2.20. The maximum atomic E-state index is 2.35. The van der Waals surface area contributed by atoms with Crippen LogP contribution in [0.1, 0.15) is 26.7 Å². The van der Waals surface area contributed by atoms with E-state index in [4.69, 9.17) is 0 Å². The first-order valence-corrected chi connectivity index (χ1v) is 5.08. The van der Waals surface area contributed by atoms with E-state index in [9.17, 15) is 0 Å². The SMILES string of the molecule is CCCC1=CC(C)=CC2=CC=CC21. The van der Waals surface area contributed by atoms with Crippen LogP contribution in [0.4, 0.5) is 0 Å². The molecule has 0 aliphatic heterocycles. The predicted molar refractivity (Wildman–Crippen MR) is 57.5 cm³/mol. The summed E-state index contributed by atoms with van der Waals surface area (Å²) in [5.41, 5.74) is 4.46. The molecular weight excluding hydrogens is 156 g/mol. The van der Waals surface area contributed by atoms with Crippen LogP contribution in [0.5, 0.6) is 0 Å². The van der Waals surface area contributed by atoms with E-state index in [0.717, 1.165) is 0 Å². The lowest BCUT2D eigenvalue weighted by Crippen LogP contribution is -2.05. The highest BCUT2D eigenvalue weighted by Gasteiger charge is 2.19. The Labute approximate surface area is 80.3 Å². The third kappa shape index (κ3) is 1.53. The maximum absolute atomic E-state index is 2.35. The Hall–Kier alpha value is -1.04. The molecule has 68 valence electrons. The van der Waals surface area contributed by atoms with Gasteiger partial charge in [-0.1, -0.05) is 54.9 Å². The van der Waals surface area contributed by atoms with E-state index in [1.807, 2.05) is 0 Å². The predicted octanol–water partition coefficient (Wildman–Crippen LogP) is 3.79. The van der Waals surface area contributed by atoms with Crippen molar-refractivity contribution in [3.63, 3.8) is 0 Å². The van der Waals surface area contributed by atoms with Crippen LogP contribution >= 0.6 is 0 Å². The summed E-state index contributed by atoms with van der Waals surface area (Å²) in [7, 11) is 0. The molecule has 0 aromatic heterocycles. The molecule has 0 heteroatoms. The minimum Gasteiger partial charge on any atom is -0.0730 e. The van der Waals surface area contributed by atoms with E-state index in [0.29, 0.717) is 5.92 Å². The first kappa shape index (κ1) is 8.55. The molecule has 0 saturated carbocycles. The van der Waals surface area contributed by atoms with Gasteiger partial charge in [-0.15, -0.1) is 0 Å². The van der Waals surface area contributed by atoms with Crippen molar-refractivity contribution in [3.8, 4) is 0 Å². The van der Waals surface area contributed by atoms with Gasteiger partial charge in [0.25, 0.3) is 0 Å². The molecule has 2 rings (SSSR count). The van der Waals surface area contributed by atoms with Gasteiger partial charge in [-0.25, -0.2) is 0 Å². The van der Waals surface area contributed by atoms with E-state index in [1.165, 1.54) is 24.0 Å². The second kappa shape index (κ2) is 3.37. The van der Waals surface area contributed by atoms with Gasteiger partial charge in [0.05, 0.1) is 0 Å². The molecule has 13 heavy (non-hydrogen) atoms. The van der Waals surface area contributed by atoms with Gasteiger partial charge in [-0.3, -0.25) is 0 Å². The quantitative estimate of drug-likeness (QED) is 0.594. The monoisotopic (exact) mass is 172 g/mol. The Balaban J connectivity index is 2.30. The number of rotatable bonds is 2.